The molecule has 0 aromatic heterocycles. The first-order valence-electron chi connectivity index (χ1n) is 10.7. The average molecular weight is 449 g/mol. The molecule has 1 amide bonds. The van der Waals surface area contributed by atoms with E-state index in [4.69, 9.17) is 9.47 Å². The topological polar surface area (TPSA) is 76.1 Å². The smallest absolute Gasteiger partial charge is 0.410 e. The van der Waals surface area contributed by atoms with Crippen LogP contribution in [0.4, 0.5) is 9.18 Å². The SMILES string of the molecule is CCN(C(=O)OCC1c2ccccc2-c2ccccc21)[C@@H](COc1cccc(F)c1)C(=O)O. The molecule has 7 heteroatoms. The van der Waals surface area contributed by atoms with Gasteiger partial charge in [0, 0.05) is 18.5 Å². The van der Waals surface area contributed by atoms with Gasteiger partial charge >= 0.3 is 12.1 Å². The first-order chi connectivity index (χ1) is 16.0. The van der Waals surface area contributed by atoms with E-state index in [1.165, 1.54) is 18.2 Å². The lowest BCUT2D eigenvalue weighted by atomic mass is 9.98. The minimum atomic E-state index is -1.28. The van der Waals surface area contributed by atoms with Crippen LogP contribution in [-0.4, -0.2) is 47.9 Å². The van der Waals surface area contributed by atoms with Crippen LogP contribution in [0.3, 0.4) is 0 Å². The van der Waals surface area contributed by atoms with E-state index in [1.54, 1.807) is 6.92 Å². The molecule has 4 rings (SSSR count). The summed E-state index contributed by atoms with van der Waals surface area (Å²) in [5.41, 5.74) is 4.35. The molecule has 6 nitrogen and oxygen atoms in total. The molecule has 1 aliphatic rings. The number of nitrogens with zero attached hydrogens (tertiary/aromatic N) is 1. The molecule has 0 aliphatic heterocycles. The van der Waals surface area contributed by atoms with Gasteiger partial charge in [-0.1, -0.05) is 54.6 Å². The number of amides is 1. The zero-order valence-corrected chi connectivity index (χ0v) is 18.1. The Bertz CT molecular complexity index is 1120. The standard InChI is InChI=1S/C26H24FNO5/c1-2-28(24(25(29)30)16-32-18-9-7-8-17(27)14-18)26(31)33-15-23-21-12-5-3-10-19(21)20-11-4-6-13-22(20)23/h3-14,23-24H,2,15-16H2,1H3,(H,29,30)/t24-/m0/s1. The second kappa shape index (κ2) is 9.73. The Kier molecular flexibility index (Phi) is 6.58. The zero-order valence-electron chi connectivity index (χ0n) is 18.1. The molecule has 3 aromatic carbocycles. The number of carbonyl (C=O) groups excluding carboxylic acids is 1. The predicted octanol–water partition coefficient (Wildman–Crippen LogP) is 4.93. The van der Waals surface area contributed by atoms with Gasteiger partial charge in [-0.3, -0.25) is 4.90 Å². The molecule has 170 valence electrons. The van der Waals surface area contributed by atoms with Crippen molar-refractivity contribution in [3.05, 3.63) is 89.7 Å². The number of carboxylic acids is 1. The third kappa shape index (κ3) is 4.67. The van der Waals surface area contributed by atoms with E-state index >= 15 is 0 Å². The fourth-order valence-corrected chi connectivity index (χ4v) is 4.18. The third-order valence-electron chi connectivity index (χ3n) is 5.78. The summed E-state index contributed by atoms with van der Waals surface area (Å²) in [7, 11) is 0. The maximum absolute atomic E-state index is 13.4. The minimum Gasteiger partial charge on any atom is -0.491 e. The molecule has 0 fully saturated rings. The van der Waals surface area contributed by atoms with E-state index in [1.807, 2.05) is 48.5 Å². The number of carbonyl (C=O) groups is 2. The van der Waals surface area contributed by atoms with Gasteiger partial charge in [0.2, 0.25) is 0 Å². The van der Waals surface area contributed by atoms with Crippen molar-refractivity contribution in [3.8, 4) is 16.9 Å². The highest BCUT2D eigenvalue weighted by Gasteiger charge is 2.33. The summed E-state index contributed by atoms with van der Waals surface area (Å²) in [5, 5.41) is 9.69. The molecule has 3 aromatic rings. The summed E-state index contributed by atoms with van der Waals surface area (Å²) in [6.45, 7) is 1.52. The highest BCUT2D eigenvalue weighted by Crippen LogP contribution is 2.44. The van der Waals surface area contributed by atoms with Crippen molar-refractivity contribution >= 4 is 12.1 Å². The number of hydrogen-bond acceptors (Lipinski definition) is 4. The van der Waals surface area contributed by atoms with Crippen LogP contribution in [0.1, 0.15) is 24.0 Å². The van der Waals surface area contributed by atoms with Crippen LogP contribution in [0.15, 0.2) is 72.8 Å². The van der Waals surface area contributed by atoms with E-state index in [2.05, 4.69) is 0 Å². The maximum atomic E-state index is 13.4. The second-order valence-electron chi connectivity index (χ2n) is 7.71. The summed E-state index contributed by atoms with van der Waals surface area (Å²) in [6.07, 6.45) is -0.741. The Morgan fingerprint density at radius 3 is 2.21 bits per heavy atom. The molecule has 0 saturated heterocycles. The van der Waals surface area contributed by atoms with Gasteiger partial charge < -0.3 is 14.6 Å². The third-order valence-corrected chi connectivity index (χ3v) is 5.78. The van der Waals surface area contributed by atoms with Gasteiger partial charge in [0.25, 0.3) is 0 Å². The van der Waals surface area contributed by atoms with E-state index in [9.17, 15) is 19.1 Å². The predicted molar refractivity (Wildman–Crippen MR) is 121 cm³/mol. The Hall–Kier alpha value is -3.87. The van der Waals surface area contributed by atoms with Crippen LogP contribution in [0.2, 0.25) is 0 Å². The van der Waals surface area contributed by atoms with E-state index in [0.29, 0.717) is 0 Å². The second-order valence-corrected chi connectivity index (χ2v) is 7.71. The largest absolute Gasteiger partial charge is 0.491 e. The molecule has 1 aliphatic carbocycles. The van der Waals surface area contributed by atoms with Crippen molar-refractivity contribution < 1.29 is 28.6 Å². The molecule has 0 unspecified atom stereocenters. The number of halogens is 1. The molecule has 0 bridgehead atoms. The molecule has 0 spiro atoms. The first kappa shape index (κ1) is 22.3. The van der Waals surface area contributed by atoms with Crippen molar-refractivity contribution in [2.24, 2.45) is 0 Å². The number of hydrogen-bond donors (Lipinski definition) is 1. The summed E-state index contributed by atoms with van der Waals surface area (Å²) < 4.78 is 24.4. The Morgan fingerprint density at radius 1 is 1.00 bits per heavy atom. The van der Waals surface area contributed by atoms with Gasteiger partial charge in [0.15, 0.2) is 6.04 Å². The van der Waals surface area contributed by atoms with Crippen LogP contribution >= 0.6 is 0 Å². The quantitative estimate of drug-likeness (QED) is 0.528. The Labute approximate surface area is 191 Å². The monoisotopic (exact) mass is 449 g/mol. The molecule has 0 radical (unpaired) electrons. The van der Waals surface area contributed by atoms with Crippen LogP contribution in [0.5, 0.6) is 5.75 Å². The fraction of sp³-hybridized carbons (Fsp3) is 0.231. The number of benzene rings is 3. The lowest BCUT2D eigenvalue weighted by Gasteiger charge is -2.27. The lowest BCUT2D eigenvalue weighted by molar-refractivity contribution is -0.143. The number of ether oxygens (including phenoxy) is 2. The van der Waals surface area contributed by atoms with Crippen LogP contribution in [0.25, 0.3) is 11.1 Å². The number of carboxylic acid groups (broad SMARTS) is 1. The van der Waals surface area contributed by atoms with Crippen molar-refractivity contribution in [2.75, 3.05) is 19.8 Å². The van der Waals surface area contributed by atoms with Gasteiger partial charge in [0.05, 0.1) is 0 Å². The van der Waals surface area contributed by atoms with Crippen LogP contribution < -0.4 is 4.74 Å². The maximum Gasteiger partial charge on any atom is 0.410 e. The van der Waals surface area contributed by atoms with Crippen molar-refractivity contribution in [1.82, 2.24) is 4.90 Å². The highest BCUT2D eigenvalue weighted by molar-refractivity contribution is 5.81. The van der Waals surface area contributed by atoms with E-state index in [0.717, 1.165) is 33.2 Å². The Balaban J connectivity index is 1.46. The summed E-state index contributed by atoms with van der Waals surface area (Å²) in [6, 6.07) is 20.1. The van der Waals surface area contributed by atoms with Crippen molar-refractivity contribution in [2.45, 2.75) is 18.9 Å². The number of fused-ring (bicyclic) bond motifs is 3. The summed E-state index contributed by atoms with van der Waals surface area (Å²) >= 11 is 0. The van der Waals surface area contributed by atoms with E-state index in [-0.39, 0.29) is 31.4 Å². The normalized spacial score (nSPS) is 13.0. The van der Waals surface area contributed by atoms with Gasteiger partial charge in [-0.05, 0) is 41.3 Å². The fourth-order valence-electron chi connectivity index (χ4n) is 4.18. The number of aliphatic carboxylic acids is 1. The van der Waals surface area contributed by atoms with Crippen LogP contribution in [0, 0.1) is 5.82 Å². The van der Waals surface area contributed by atoms with Crippen LogP contribution in [-0.2, 0) is 9.53 Å². The number of rotatable bonds is 8. The molecule has 0 heterocycles. The molecule has 0 saturated carbocycles. The van der Waals surface area contributed by atoms with Crippen molar-refractivity contribution in [1.29, 1.82) is 0 Å². The lowest BCUT2D eigenvalue weighted by Crippen LogP contribution is -2.48. The molecular formula is C26H24FNO5. The Morgan fingerprint density at radius 2 is 1.64 bits per heavy atom. The molecule has 1 N–H and O–H groups in total. The highest BCUT2D eigenvalue weighted by atomic mass is 19.1. The summed E-state index contributed by atoms with van der Waals surface area (Å²) in [5.74, 6) is -1.68. The minimum absolute atomic E-state index is 0.0838. The van der Waals surface area contributed by atoms with Gasteiger partial charge in [0.1, 0.15) is 24.8 Å². The molecular weight excluding hydrogens is 425 g/mol. The number of likely N-dealkylation sites (N-methyl/N-ethyl adjacent to an activating group) is 1. The average Bonchev–Trinajstić information content (AvgIpc) is 3.14. The first-order valence-corrected chi connectivity index (χ1v) is 10.7. The zero-order chi connectivity index (χ0) is 23.4. The van der Waals surface area contributed by atoms with Gasteiger partial charge in [-0.25, -0.2) is 14.0 Å². The van der Waals surface area contributed by atoms with Crippen molar-refractivity contribution in [3.63, 3.8) is 0 Å². The van der Waals surface area contributed by atoms with Gasteiger partial charge in [-0.15, -0.1) is 0 Å². The van der Waals surface area contributed by atoms with Gasteiger partial charge in [-0.2, -0.15) is 0 Å². The molecule has 1 atom stereocenters. The molecule has 33 heavy (non-hydrogen) atoms. The van der Waals surface area contributed by atoms with E-state index < -0.39 is 23.9 Å². The summed E-state index contributed by atoms with van der Waals surface area (Å²) in [4.78, 5) is 25.9.